The maximum Gasteiger partial charge on any atom is 0.250 e. The van der Waals surface area contributed by atoms with Gasteiger partial charge in [-0.3, -0.25) is 9.59 Å². The van der Waals surface area contributed by atoms with E-state index < -0.39 is 0 Å². The lowest BCUT2D eigenvalue weighted by Gasteiger charge is -2.12. The fourth-order valence-corrected chi connectivity index (χ4v) is 2.08. The molecule has 1 N–H and O–H groups in total. The average Bonchev–Trinajstić information content (AvgIpc) is 2.58. The van der Waals surface area contributed by atoms with E-state index in [-0.39, 0.29) is 17.5 Å². The molecule has 0 aliphatic carbocycles. The molecule has 5 heteroatoms. The first kappa shape index (κ1) is 10.4. The molecule has 0 radical (unpaired) electrons. The summed E-state index contributed by atoms with van der Waals surface area (Å²) in [5.41, 5.74) is -0.0423. The van der Waals surface area contributed by atoms with Gasteiger partial charge in [0.05, 0.1) is 0 Å². The summed E-state index contributed by atoms with van der Waals surface area (Å²) in [6.45, 7) is 0.546. The molecule has 1 aliphatic rings. The molecule has 0 spiro atoms. The highest BCUT2D eigenvalue weighted by molar-refractivity contribution is 9.10. The van der Waals surface area contributed by atoms with Gasteiger partial charge in [-0.25, -0.2) is 0 Å². The number of pyridine rings is 1. The number of hydrogen-bond donors (Lipinski definition) is 1. The largest absolute Gasteiger partial charge is 0.352 e. The van der Waals surface area contributed by atoms with Gasteiger partial charge in [0.2, 0.25) is 5.91 Å². The van der Waals surface area contributed by atoms with E-state index in [0.29, 0.717) is 13.0 Å². The Morgan fingerprint density at radius 3 is 2.93 bits per heavy atom. The fourth-order valence-electron chi connectivity index (χ4n) is 1.70. The lowest BCUT2D eigenvalue weighted by molar-refractivity contribution is -0.119. The highest BCUT2D eigenvalue weighted by Crippen LogP contribution is 2.10. The van der Waals surface area contributed by atoms with Crippen molar-refractivity contribution in [3.05, 3.63) is 33.2 Å². The standard InChI is InChI=1S/C10H11BrN2O2/c11-7-1-4-10(15)13(5-7)6-8-2-3-9(14)12-8/h1,4-5,8H,2-3,6H2,(H,12,14). The van der Waals surface area contributed by atoms with Crippen LogP contribution in [0.5, 0.6) is 0 Å². The fraction of sp³-hybridized carbons (Fsp3) is 0.400. The third kappa shape index (κ3) is 2.47. The molecule has 80 valence electrons. The Kier molecular flexibility index (Phi) is 2.90. The van der Waals surface area contributed by atoms with Crippen LogP contribution < -0.4 is 10.9 Å². The molecule has 0 aromatic carbocycles. The summed E-state index contributed by atoms with van der Waals surface area (Å²) >= 11 is 3.31. The van der Waals surface area contributed by atoms with E-state index in [2.05, 4.69) is 21.2 Å². The number of amides is 1. The van der Waals surface area contributed by atoms with Crippen molar-refractivity contribution in [3.63, 3.8) is 0 Å². The van der Waals surface area contributed by atoms with Gasteiger partial charge in [0, 0.05) is 35.7 Å². The first-order valence-electron chi connectivity index (χ1n) is 4.80. The zero-order valence-corrected chi connectivity index (χ0v) is 9.66. The number of hydrogen-bond acceptors (Lipinski definition) is 2. The normalized spacial score (nSPS) is 20.3. The molecule has 0 bridgehead atoms. The Morgan fingerprint density at radius 1 is 1.47 bits per heavy atom. The molecule has 1 fully saturated rings. The lowest BCUT2D eigenvalue weighted by Crippen LogP contribution is -2.33. The van der Waals surface area contributed by atoms with E-state index >= 15 is 0 Å². The monoisotopic (exact) mass is 270 g/mol. The van der Waals surface area contributed by atoms with Gasteiger partial charge in [-0.2, -0.15) is 0 Å². The summed E-state index contributed by atoms with van der Waals surface area (Å²) < 4.78 is 2.48. The van der Waals surface area contributed by atoms with Gasteiger partial charge in [0.25, 0.3) is 5.56 Å². The molecule has 1 atom stereocenters. The summed E-state index contributed by atoms with van der Waals surface area (Å²) in [5.74, 6) is 0.0723. The molecule has 2 rings (SSSR count). The molecule has 1 unspecified atom stereocenters. The van der Waals surface area contributed by atoms with Crippen molar-refractivity contribution in [2.75, 3.05) is 0 Å². The molecule has 0 saturated carbocycles. The van der Waals surface area contributed by atoms with E-state index in [1.165, 1.54) is 6.07 Å². The van der Waals surface area contributed by atoms with Gasteiger partial charge in [0.15, 0.2) is 0 Å². The van der Waals surface area contributed by atoms with Gasteiger partial charge < -0.3 is 9.88 Å². The predicted molar refractivity (Wildman–Crippen MR) is 59.6 cm³/mol. The minimum Gasteiger partial charge on any atom is -0.352 e. The number of carbonyl (C=O) groups is 1. The number of rotatable bonds is 2. The van der Waals surface area contributed by atoms with Crippen LogP contribution in [-0.2, 0) is 11.3 Å². The van der Waals surface area contributed by atoms with Gasteiger partial charge in [-0.1, -0.05) is 0 Å². The van der Waals surface area contributed by atoms with Gasteiger partial charge in [-0.05, 0) is 28.4 Å². The zero-order valence-electron chi connectivity index (χ0n) is 8.07. The first-order chi connectivity index (χ1) is 7.15. The molecule has 1 aromatic rings. The lowest BCUT2D eigenvalue weighted by atomic mass is 10.2. The minimum absolute atomic E-state index is 0.0423. The minimum atomic E-state index is -0.0423. The van der Waals surface area contributed by atoms with Crippen LogP contribution in [0.2, 0.25) is 0 Å². The molecule has 4 nitrogen and oxygen atoms in total. The maximum atomic E-state index is 11.5. The van der Waals surface area contributed by atoms with Gasteiger partial charge in [-0.15, -0.1) is 0 Å². The molecule has 2 heterocycles. The summed E-state index contributed by atoms with van der Waals surface area (Å²) in [7, 11) is 0. The summed E-state index contributed by atoms with van der Waals surface area (Å²) in [4.78, 5) is 22.5. The van der Waals surface area contributed by atoms with Crippen LogP contribution >= 0.6 is 15.9 Å². The van der Waals surface area contributed by atoms with E-state index in [4.69, 9.17) is 0 Å². The molecular formula is C10H11BrN2O2. The number of carbonyl (C=O) groups excluding carboxylic acids is 1. The smallest absolute Gasteiger partial charge is 0.250 e. The average molecular weight is 271 g/mol. The van der Waals surface area contributed by atoms with E-state index in [1.807, 2.05) is 0 Å². The summed E-state index contributed by atoms with van der Waals surface area (Å²) in [5, 5.41) is 2.84. The van der Waals surface area contributed by atoms with Crippen LogP contribution in [0.4, 0.5) is 0 Å². The highest BCUT2D eigenvalue weighted by Gasteiger charge is 2.20. The quantitative estimate of drug-likeness (QED) is 0.868. The van der Waals surface area contributed by atoms with Crippen molar-refractivity contribution in [2.24, 2.45) is 0 Å². The Balaban J connectivity index is 2.13. The molecule has 15 heavy (non-hydrogen) atoms. The second-order valence-electron chi connectivity index (χ2n) is 3.64. The molecule has 1 saturated heterocycles. The Hall–Kier alpha value is -1.10. The van der Waals surface area contributed by atoms with Crippen molar-refractivity contribution in [1.82, 2.24) is 9.88 Å². The topological polar surface area (TPSA) is 51.1 Å². The molecule has 1 aliphatic heterocycles. The Bertz CT molecular complexity index is 441. The Morgan fingerprint density at radius 2 is 2.27 bits per heavy atom. The van der Waals surface area contributed by atoms with Crippen molar-refractivity contribution in [3.8, 4) is 0 Å². The second-order valence-corrected chi connectivity index (χ2v) is 4.56. The predicted octanol–water partition coefficient (Wildman–Crippen LogP) is 0.889. The Labute approximate surface area is 95.4 Å². The van der Waals surface area contributed by atoms with Crippen LogP contribution in [-0.4, -0.2) is 16.5 Å². The third-order valence-electron chi connectivity index (χ3n) is 2.45. The number of nitrogens with zero attached hydrogens (tertiary/aromatic N) is 1. The highest BCUT2D eigenvalue weighted by atomic mass is 79.9. The number of nitrogens with one attached hydrogen (secondary N) is 1. The third-order valence-corrected chi connectivity index (χ3v) is 2.92. The van der Waals surface area contributed by atoms with Crippen molar-refractivity contribution < 1.29 is 4.79 Å². The second kappa shape index (κ2) is 4.18. The zero-order chi connectivity index (χ0) is 10.8. The summed E-state index contributed by atoms with van der Waals surface area (Å²) in [6.07, 6.45) is 3.11. The van der Waals surface area contributed by atoms with Gasteiger partial charge >= 0.3 is 0 Å². The molecule has 1 aromatic heterocycles. The summed E-state index contributed by atoms with van der Waals surface area (Å²) in [6, 6.07) is 3.32. The first-order valence-corrected chi connectivity index (χ1v) is 5.60. The van der Waals surface area contributed by atoms with Crippen LogP contribution in [0.3, 0.4) is 0 Å². The van der Waals surface area contributed by atoms with Crippen LogP contribution in [0.15, 0.2) is 27.6 Å². The van der Waals surface area contributed by atoms with Gasteiger partial charge in [0.1, 0.15) is 0 Å². The SMILES string of the molecule is O=C1CCC(Cn2cc(Br)ccc2=O)N1. The van der Waals surface area contributed by atoms with E-state index in [0.717, 1.165) is 10.9 Å². The van der Waals surface area contributed by atoms with E-state index in [9.17, 15) is 9.59 Å². The van der Waals surface area contributed by atoms with Crippen molar-refractivity contribution in [1.29, 1.82) is 0 Å². The van der Waals surface area contributed by atoms with Crippen LogP contribution in [0.1, 0.15) is 12.8 Å². The van der Waals surface area contributed by atoms with Crippen molar-refractivity contribution in [2.45, 2.75) is 25.4 Å². The molecular weight excluding hydrogens is 260 g/mol. The maximum absolute atomic E-state index is 11.5. The number of aromatic nitrogens is 1. The van der Waals surface area contributed by atoms with Crippen molar-refractivity contribution >= 4 is 21.8 Å². The van der Waals surface area contributed by atoms with Crippen LogP contribution in [0.25, 0.3) is 0 Å². The number of halogens is 1. The van der Waals surface area contributed by atoms with E-state index in [1.54, 1.807) is 16.8 Å². The van der Waals surface area contributed by atoms with Crippen LogP contribution in [0, 0.1) is 0 Å². The molecule has 1 amide bonds.